The van der Waals surface area contributed by atoms with Gasteiger partial charge in [-0.3, -0.25) is 0 Å². The van der Waals surface area contributed by atoms with E-state index in [0.29, 0.717) is 5.82 Å². The quantitative estimate of drug-likeness (QED) is 0.562. The van der Waals surface area contributed by atoms with Crippen molar-refractivity contribution in [3.63, 3.8) is 0 Å². The van der Waals surface area contributed by atoms with Crippen LogP contribution in [0, 0.1) is 0 Å². The lowest BCUT2D eigenvalue weighted by atomic mass is 10.0. The van der Waals surface area contributed by atoms with Gasteiger partial charge in [-0.05, 0) is 24.0 Å². The van der Waals surface area contributed by atoms with Crippen LogP contribution in [0.25, 0.3) is 0 Å². The van der Waals surface area contributed by atoms with E-state index in [-0.39, 0.29) is 5.95 Å². The van der Waals surface area contributed by atoms with Crippen LogP contribution < -0.4 is 21.9 Å². The molecule has 104 valence electrons. The summed E-state index contributed by atoms with van der Waals surface area (Å²) < 4.78 is 0. The summed E-state index contributed by atoms with van der Waals surface area (Å²) in [6.45, 7) is 1.77. The van der Waals surface area contributed by atoms with Crippen molar-refractivity contribution in [1.82, 2.24) is 9.97 Å². The number of aryl methyl sites for hydroxylation is 1. The number of anilines is 3. The molecule has 20 heavy (non-hydrogen) atoms. The van der Waals surface area contributed by atoms with Crippen molar-refractivity contribution in [2.75, 3.05) is 22.6 Å². The fraction of sp³-hybridized carbons (Fsp3) is 0.286. The average molecular weight is 270 g/mol. The van der Waals surface area contributed by atoms with Gasteiger partial charge < -0.3 is 16.1 Å². The maximum atomic E-state index is 5.73. The van der Waals surface area contributed by atoms with Gasteiger partial charge in [0.25, 0.3) is 0 Å². The molecule has 0 amide bonds. The molecule has 2 aromatic rings. The summed E-state index contributed by atoms with van der Waals surface area (Å²) in [5.74, 6) is 6.98. The van der Waals surface area contributed by atoms with Crippen LogP contribution in [0.4, 0.5) is 17.6 Å². The average Bonchev–Trinajstić information content (AvgIpc) is 2.68. The highest BCUT2D eigenvalue weighted by Gasteiger charge is 2.16. The van der Waals surface area contributed by atoms with Crippen LogP contribution in [0.15, 0.2) is 30.3 Å². The summed E-state index contributed by atoms with van der Waals surface area (Å²) in [6, 6.07) is 10.3. The zero-order chi connectivity index (χ0) is 13.9. The third-order valence-electron chi connectivity index (χ3n) is 3.56. The second kappa shape index (κ2) is 5.34. The number of hydrogen-bond acceptors (Lipinski definition) is 6. The van der Waals surface area contributed by atoms with E-state index in [1.54, 1.807) is 0 Å². The Morgan fingerprint density at radius 3 is 2.75 bits per heavy atom. The maximum Gasteiger partial charge on any atom is 0.223 e. The zero-order valence-electron chi connectivity index (χ0n) is 11.2. The molecule has 5 N–H and O–H groups in total. The van der Waals surface area contributed by atoms with Crippen LogP contribution >= 0.6 is 0 Å². The fourth-order valence-electron chi connectivity index (χ4n) is 2.58. The molecule has 0 radical (unpaired) electrons. The number of nitrogen functional groups attached to an aromatic ring is 2. The number of nitrogens with one attached hydrogen (secondary N) is 1. The predicted molar refractivity (Wildman–Crippen MR) is 80.1 cm³/mol. The van der Waals surface area contributed by atoms with Gasteiger partial charge in [0.05, 0.1) is 0 Å². The summed E-state index contributed by atoms with van der Waals surface area (Å²) in [4.78, 5) is 10.5. The van der Waals surface area contributed by atoms with E-state index in [4.69, 9.17) is 11.6 Å². The van der Waals surface area contributed by atoms with Gasteiger partial charge in [0, 0.05) is 19.2 Å². The third kappa shape index (κ3) is 2.50. The lowest BCUT2D eigenvalue weighted by molar-refractivity contribution is 0.754. The minimum atomic E-state index is 0.230. The molecule has 1 aliphatic heterocycles. The minimum Gasteiger partial charge on any atom is -0.368 e. The van der Waals surface area contributed by atoms with Crippen molar-refractivity contribution in [2.45, 2.75) is 19.4 Å². The first kappa shape index (κ1) is 12.7. The van der Waals surface area contributed by atoms with Crippen molar-refractivity contribution >= 4 is 17.6 Å². The number of rotatable bonds is 2. The number of fused-ring (bicyclic) bond motifs is 1. The van der Waals surface area contributed by atoms with Gasteiger partial charge in [-0.1, -0.05) is 24.3 Å². The first-order chi connectivity index (χ1) is 9.76. The van der Waals surface area contributed by atoms with E-state index < -0.39 is 0 Å². The topological polar surface area (TPSA) is 93.1 Å². The Hall–Kier alpha value is -2.34. The van der Waals surface area contributed by atoms with Crippen molar-refractivity contribution in [3.8, 4) is 0 Å². The van der Waals surface area contributed by atoms with Crippen LogP contribution in [0.2, 0.25) is 0 Å². The molecular formula is C14H18N6. The molecule has 0 spiro atoms. The van der Waals surface area contributed by atoms with Crippen LogP contribution in [0.1, 0.15) is 17.5 Å². The molecule has 6 heteroatoms. The van der Waals surface area contributed by atoms with Crippen LogP contribution in [0.5, 0.6) is 0 Å². The number of hydrogen-bond donors (Lipinski definition) is 3. The van der Waals surface area contributed by atoms with Gasteiger partial charge in [-0.2, -0.15) is 9.97 Å². The molecule has 0 aliphatic carbocycles. The molecule has 0 fully saturated rings. The van der Waals surface area contributed by atoms with Crippen LogP contribution in [-0.4, -0.2) is 16.5 Å². The fourth-order valence-corrected chi connectivity index (χ4v) is 2.58. The Bertz CT molecular complexity index is 612. The lowest BCUT2D eigenvalue weighted by Gasteiger charge is -2.22. The molecule has 0 unspecified atom stereocenters. The molecule has 0 saturated heterocycles. The van der Waals surface area contributed by atoms with Crippen molar-refractivity contribution in [1.29, 1.82) is 0 Å². The molecule has 2 heterocycles. The van der Waals surface area contributed by atoms with Gasteiger partial charge in [0.1, 0.15) is 11.6 Å². The Labute approximate surface area is 117 Å². The maximum absolute atomic E-state index is 5.73. The Morgan fingerprint density at radius 2 is 1.95 bits per heavy atom. The molecule has 1 aliphatic rings. The second-order valence-corrected chi connectivity index (χ2v) is 4.91. The standard InChI is InChI=1S/C14H18N6/c15-14-17-12(19-16)8-13(18-14)20-7-3-6-10-4-1-2-5-11(10)9-20/h1-2,4-5,8H,3,6-7,9,16H2,(H3,15,17,18,19). The molecule has 3 rings (SSSR count). The highest BCUT2D eigenvalue weighted by Crippen LogP contribution is 2.24. The number of benzene rings is 1. The minimum absolute atomic E-state index is 0.230. The predicted octanol–water partition coefficient (Wildman–Crippen LogP) is 1.30. The second-order valence-electron chi connectivity index (χ2n) is 4.91. The molecule has 0 bridgehead atoms. The Balaban J connectivity index is 1.93. The van der Waals surface area contributed by atoms with Gasteiger partial charge in [0.2, 0.25) is 5.95 Å². The summed E-state index contributed by atoms with van der Waals surface area (Å²) >= 11 is 0. The molecule has 6 nitrogen and oxygen atoms in total. The molecule has 0 saturated carbocycles. The van der Waals surface area contributed by atoms with E-state index >= 15 is 0 Å². The van der Waals surface area contributed by atoms with Crippen molar-refractivity contribution < 1.29 is 0 Å². The lowest BCUT2D eigenvalue weighted by Crippen LogP contribution is -2.24. The number of nitrogens with zero attached hydrogens (tertiary/aromatic N) is 3. The largest absolute Gasteiger partial charge is 0.368 e. The summed E-state index contributed by atoms with van der Waals surface area (Å²) in [7, 11) is 0. The molecular weight excluding hydrogens is 252 g/mol. The van der Waals surface area contributed by atoms with E-state index in [9.17, 15) is 0 Å². The van der Waals surface area contributed by atoms with Gasteiger partial charge in [-0.25, -0.2) is 5.84 Å². The highest BCUT2D eigenvalue weighted by atomic mass is 15.3. The van der Waals surface area contributed by atoms with Gasteiger partial charge in [-0.15, -0.1) is 0 Å². The smallest absolute Gasteiger partial charge is 0.223 e. The molecule has 1 aromatic heterocycles. The number of hydrazine groups is 1. The first-order valence-corrected chi connectivity index (χ1v) is 6.69. The number of aromatic nitrogens is 2. The Kier molecular flexibility index (Phi) is 3.39. The summed E-state index contributed by atoms with van der Waals surface area (Å²) in [6.07, 6.45) is 2.18. The van der Waals surface area contributed by atoms with Crippen molar-refractivity contribution in [2.24, 2.45) is 5.84 Å². The van der Waals surface area contributed by atoms with E-state index in [1.807, 2.05) is 6.07 Å². The molecule has 0 atom stereocenters. The Morgan fingerprint density at radius 1 is 1.15 bits per heavy atom. The van der Waals surface area contributed by atoms with Crippen LogP contribution in [0.3, 0.4) is 0 Å². The van der Waals surface area contributed by atoms with E-state index in [1.165, 1.54) is 11.1 Å². The highest BCUT2D eigenvalue weighted by molar-refractivity contribution is 5.53. The van der Waals surface area contributed by atoms with E-state index in [2.05, 4.69) is 44.6 Å². The van der Waals surface area contributed by atoms with Crippen LogP contribution in [-0.2, 0) is 13.0 Å². The third-order valence-corrected chi connectivity index (χ3v) is 3.56. The monoisotopic (exact) mass is 270 g/mol. The van der Waals surface area contributed by atoms with Gasteiger partial charge >= 0.3 is 0 Å². The first-order valence-electron chi connectivity index (χ1n) is 6.69. The summed E-state index contributed by atoms with van der Waals surface area (Å²) in [5, 5.41) is 0. The van der Waals surface area contributed by atoms with Gasteiger partial charge in [0.15, 0.2) is 0 Å². The number of nitrogens with two attached hydrogens (primary N) is 2. The zero-order valence-corrected chi connectivity index (χ0v) is 11.2. The SMILES string of the molecule is NNc1cc(N2CCCc3ccccc3C2)nc(N)n1. The van der Waals surface area contributed by atoms with Crippen molar-refractivity contribution in [3.05, 3.63) is 41.5 Å². The van der Waals surface area contributed by atoms with E-state index in [0.717, 1.165) is 31.7 Å². The molecule has 1 aromatic carbocycles. The summed E-state index contributed by atoms with van der Waals surface area (Å²) in [5.41, 5.74) is 11.0. The normalized spacial score (nSPS) is 14.6.